The summed E-state index contributed by atoms with van der Waals surface area (Å²) in [6, 6.07) is 8.83. The SMILES string of the molecule is CCC(Cl)CCCCc1ccc(C)cc1. The Morgan fingerprint density at radius 3 is 2.40 bits per heavy atom. The van der Waals surface area contributed by atoms with E-state index in [1.807, 2.05) is 0 Å². The lowest BCUT2D eigenvalue weighted by atomic mass is 10.0. The van der Waals surface area contributed by atoms with Gasteiger partial charge in [0.2, 0.25) is 0 Å². The van der Waals surface area contributed by atoms with E-state index in [1.54, 1.807) is 0 Å². The van der Waals surface area contributed by atoms with Crippen molar-refractivity contribution < 1.29 is 0 Å². The molecular formula is C14H21Cl. The van der Waals surface area contributed by atoms with Crippen LogP contribution in [0.2, 0.25) is 0 Å². The fourth-order valence-corrected chi connectivity index (χ4v) is 1.81. The summed E-state index contributed by atoms with van der Waals surface area (Å²) in [7, 11) is 0. The second kappa shape index (κ2) is 6.90. The van der Waals surface area contributed by atoms with Crippen LogP contribution in [0.5, 0.6) is 0 Å². The summed E-state index contributed by atoms with van der Waals surface area (Å²) in [5, 5.41) is 0.378. The Morgan fingerprint density at radius 1 is 1.13 bits per heavy atom. The molecule has 84 valence electrons. The van der Waals surface area contributed by atoms with Crippen molar-refractivity contribution in [1.29, 1.82) is 0 Å². The third-order valence-electron chi connectivity index (χ3n) is 2.80. The van der Waals surface area contributed by atoms with Gasteiger partial charge in [-0.25, -0.2) is 0 Å². The molecular weight excluding hydrogens is 204 g/mol. The van der Waals surface area contributed by atoms with E-state index < -0.39 is 0 Å². The van der Waals surface area contributed by atoms with E-state index in [4.69, 9.17) is 11.6 Å². The molecule has 1 rings (SSSR count). The van der Waals surface area contributed by atoms with Crippen molar-refractivity contribution in [3.8, 4) is 0 Å². The zero-order valence-corrected chi connectivity index (χ0v) is 10.6. The van der Waals surface area contributed by atoms with Crippen LogP contribution < -0.4 is 0 Å². The first-order valence-corrected chi connectivity index (χ1v) is 6.35. The lowest BCUT2D eigenvalue weighted by molar-refractivity contribution is 0.638. The van der Waals surface area contributed by atoms with E-state index >= 15 is 0 Å². The topological polar surface area (TPSA) is 0 Å². The predicted octanol–water partition coefficient (Wildman–Crippen LogP) is 4.73. The average molecular weight is 225 g/mol. The van der Waals surface area contributed by atoms with Crippen LogP contribution in [-0.2, 0) is 6.42 Å². The highest BCUT2D eigenvalue weighted by molar-refractivity contribution is 6.20. The van der Waals surface area contributed by atoms with Crippen LogP contribution in [0.15, 0.2) is 24.3 Å². The average Bonchev–Trinajstić information content (AvgIpc) is 2.26. The molecule has 0 aliphatic carbocycles. The highest BCUT2D eigenvalue weighted by Gasteiger charge is 2.00. The third kappa shape index (κ3) is 5.22. The van der Waals surface area contributed by atoms with Crippen LogP contribution in [0.3, 0.4) is 0 Å². The predicted molar refractivity (Wildman–Crippen MR) is 68.7 cm³/mol. The van der Waals surface area contributed by atoms with Crippen molar-refractivity contribution >= 4 is 11.6 Å². The molecule has 0 spiro atoms. The lowest BCUT2D eigenvalue weighted by Crippen LogP contribution is -1.96. The first-order valence-electron chi connectivity index (χ1n) is 5.92. The van der Waals surface area contributed by atoms with Crippen LogP contribution in [0.4, 0.5) is 0 Å². The number of benzene rings is 1. The van der Waals surface area contributed by atoms with E-state index in [9.17, 15) is 0 Å². The molecule has 0 amide bonds. The van der Waals surface area contributed by atoms with Crippen molar-refractivity contribution in [2.24, 2.45) is 0 Å². The van der Waals surface area contributed by atoms with Gasteiger partial charge >= 0.3 is 0 Å². The molecule has 0 nitrogen and oxygen atoms in total. The molecule has 0 saturated heterocycles. The van der Waals surface area contributed by atoms with Gasteiger partial charge in [-0.2, -0.15) is 0 Å². The number of aryl methyl sites for hydroxylation is 2. The number of hydrogen-bond donors (Lipinski definition) is 0. The maximum atomic E-state index is 6.07. The van der Waals surface area contributed by atoms with E-state index in [0.29, 0.717) is 5.38 Å². The summed E-state index contributed by atoms with van der Waals surface area (Å²) < 4.78 is 0. The highest BCUT2D eigenvalue weighted by atomic mass is 35.5. The van der Waals surface area contributed by atoms with Crippen molar-refractivity contribution in [3.63, 3.8) is 0 Å². The molecule has 0 radical (unpaired) electrons. The molecule has 15 heavy (non-hydrogen) atoms. The van der Waals surface area contributed by atoms with Gasteiger partial charge in [-0.3, -0.25) is 0 Å². The summed E-state index contributed by atoms with van der Waals surface area (Å²) in [5.74, 6) is 0. The number of alkyl halides is 1. The minimum atomic E-state index is 0.378. The lowest BCUT2D eigenvalue weighted by Gasteiger charge is -2.06. The standard InChI is InChI=1S/C14H21Cl/c1-3-14(15)7-5-4-6-13-10-8-12(2)9-11-13/h8-11,14H,3-7H2,1-2H3. The smallest absolute Gasteiger partial charge is 0.0333 e. The molecule has 0 bridgehead atoms. The van der Waals surface area contributed by atoms with Gasteiger partial charge in [0.1, 0.15) is 0 Å². The minimum Gasteiger partial charge on any atom is -0.123 e. The van der Waals surface area contributed by atoms with Crippen molar-refractivity contribution in [3.05, 3.63) is 35.4 Å². The van der Waals surface area contributed by atoms with Crippen LogP contribution in [0.25, 0.3) is 0 Å². The largest absolute Gasteiger partial charge is 0.123 e. The van der Waals surface area contributed by atoms with Gasteiger partial charge in [0.05, 0.1) is 0 Å². The van der Waals surface area contributed by atoms with Gasteiger partial charge in [0.15, 0.2) is 0 Å². The third-order valence-corrected chi connectivity index (χ3v) is 3.32. The summed E-state index contributed by atoms with van der Waals surface area (Å²) >= 11 is 6.07. The summed E-state index contributed by atoms with van der Waals surface area (Å²) in [4.78, 5) is 0. The Hall–Kier alpha value is -0.490. The van der Waals surface area contributed by atoms with Crippen molar-refractivity contribution in [1.82, 2.24) is 0 Å². The molecule has 0 aliphatic rings. The molecule has 0 aromatic heterocycles. The molecule has 1 aromatic rings. The number of rotatable bonds is 6. The zero-order valence-electron chi connectivity index (χ0n) is 9.80. The Labute approximate surface area is 98.7 Å². The summed E-state index contributed by atoms with van der Waals surface area (Å²) in [6.45, 7) is 4.28. The molecule has 1 atom stereocenters. The van der Waals surface area contributed by atoms with Gasteiger partial charge in [0.25, 0.3) is 0 Å². The van der Waals surface area contributed by atoms with Crippen LogP contribution in [0, 0.1) is 6.92 Å². The Bertz CT molecular complexity index is 263. The maximum absolute atomic E-state index is 6.07. The van der Waals surface area contributed by atoms with Crippen LogP contribution in [0.1, 0.15) is 43.7 Å². The van der Waals surface area contributed by atoms with E-state index in [-0.39, 0.29) is 0 Å². The van der Waals surface area contributed by atoms with Crippen molar-refractivity contribution in [2.45, 2.75) is 51.3 Å². The molecule has 1 unspecified atom stereocenters. The van der Waals surface area contributed by atoms with E-state index in [1.165, 1.54) is 30.4 Å². The minimum absolute atomic E-state index is 0.378. The summed E-state index contributed by atoms with van der Waals surface area (Å²) in [6.07, 6.45) is 5.94. The molecule has 0 N–H and O–H groups in total. The number of hydrogen-bond acceptors (Lipinski definition) is 0. The van der Waals surface area contributed by atoms with Crippen molar-refractivity contribution in [2.75, 3.05) is 0 Å². The molecule has 0 aliphatic heterocycles. The monoisotopic (exact) mass is 224 g/mol. The second-order valence-corrected chi connectivity index (χ2v) is 4.85. The quantitative estimate of drug-likeness (QED) is 0.484. The Kier molecular flexibility index (Phi) is 5.78. The Balaban J connectivity index is 2.17. The summed E-state index contributed by atoms with van der Waals surface area (Å²) in [5.41, 5.74) is 2.79. The molecule has 0 fully saturated rings. The fourth-order valence-electron chi connectivity index (χ4n) is 1.65. The number of halogens is 1. The zero-order chi connectivity index (χ0) is 11.1. The van der Waals surface area contributed by atoms with Crippen LogP contribution in [-0.4, -0.2) is 5.38 Å². The highest BCUT2D eigenvalue weighted by Crippen LogP contribution is 2.13. The molecule has 1 heteroatoms. The Morgan fingerprint density at radius 2 is 1.80 bits per heavy atom. The molecule has 1 aromatic carbocycles. The van der Waals surface area contributed by atoms with Gasteiger partial charge < -0.3 is 0 Å². The van der Waals surface area contributed by atoms with Gasteiger partial charge in [-0.1, -0.05) is 43.2 Å². The van der Waals surface area contributed by atoms with Gasteiger partial charge in [0, 0.05) is 5.38 Å². The van der Waals surface area contributed by atoms with E-state index in [2.05, 4.69) is 38.1 Å². The second-order valence-electron chi connectivity index (χ2n) is 4.24. The number of unbranched alkanes of at least 4 members (excludes halogenated alkanes) is 1. The van der Waals surface area contributed by atoms with Crippen LogP contribution >= 0.6 is 11.6 Å². The van der Waals surface area contributed by atoms with Gasteiger partial charge in [-0.05, 0) is 38.2 Å². The van der Waals surface area contributed by atoms with Gasteiger partial charge in [-0.15, -0.1) is 11.6 Å². The van der Waals surface area contributed by atoms with E-state index in [0.717, 1.165) is 12.8 Å². The molecule has 0 heterocycles. The normalized spacial score (nSPS) is 12.7. The first kappa shape index (κ1) is 12.6. The first-order chi connectivity index (χ1) is 7.22. The maximum Gasteiger partial charge on any atom is 0.0333 e. The fraction of sp³-hybridized carbons (Fsp3) is 0.571. The molecule has 0 saturated carbocycles.